The van der Waals surface area contributed by atoms with Crippen LogP contribution in [-0.4, -0.2) is 55.5 Å². The minimum absolute atomic E-state index is 0.102. The van der Waals surface area contributed by atoms with Gasteiger partial charge in [0.05, 0.1) is 0 Å². The summed E-state index contributed by atoms with van der Waals surface area (Å²) in [5.41, 5.74) is 4.42. The summed E-state index contributed by atoms with van der Waals surface area (Å²) in [6, 6.07) is 14.0. The Labute approximate surface area is 193 Å². The van der Waals surface area contributed by atoms with Crippen LogP contribution in [0.25, 0.3) is 11.1 Å². The van der Waals surface area contributed by atoms with E-state index in [2.05, 4.69) is 22.8 Å². The van der Waals surface area contributed by atoms with E-state index in [-0.39, 0.29) is 25.6 Å². The van der Waals surface area contributed by atoms with Crippen molar-refractivity contribution in [3.8, 4) is 11.1 Å². The average molecular weight is 455 g/mol. The summed E-state index contributed by atoms with van der Waals surface area (Å²) >= 11 is 0. The summed E-state index contributed by atoms with van der Waals surface area (Å²) in [6.07, 6.45) is 0.337. The summed E-state index contributed by atoms with van der Waals surface area (Å²) < 4.78 is 10.5. The van der Waals surface area contributed by atoms with Crippen LogP contribution >= 0.6 is 0 Å². The first-order chi connectivity index (χ1) is 16.0. The van der Waals surface area contributed by atoms with Gasteiger partial charge in [-0.15, -0.1) is 0 Å². The highest BCUT2D eigenvalue weighted by Gasteiger charge is 2.30. The molecule has 0 saturated heterocycles. The van der Waals surface area contributed by atoms with Gasteiger partial charge in [-0.05, 0) is 28.7 Å². The lowest BCUT2D eigenvalue weighted by molar-refractivity contribution is -0.142. The van der Waals surface area contributed by atoms with Crippen molar-refractivity contribution in [1.82, 2.24) is 10.6 Å². The number of benzene rings is 2. The molecule has 1 aliphatic carbocycles. The number of alkyl carbamates (subject to hydrolysis) is 1. The van der Waals surface area contributed by atoms with Gasteiger partial charge in [0.1, 0.15) is 18.7 Å². The molecule has 2 atom stereocenters. The Morgan fingerprint density at radius 1 is 0.939 bits per heavy atom. The molecule has 8 nitrogen and oxygen atoms in total. The second-order valence-corrected chi connectivity index (χ2v) is 7.99. The van der Waals surface area contributed by atoms with Crippen molar-refractivity contribution in [1.29, 1.82) is 0 Å². The fraction of sp³-hybridized carbons (Fsp3) is 0.400. The van der Waals surface area contributed by atoms with E-state index >= 15 is 0 Å². The number of hydrogen-bond donors (Lipinski definition) is 3. The number of fused-ring (bicyclic) bond motifs is 3. The summed E-state index contributed by atoms with van der Waals surface area (Å²) in [6.45, 7) is 2.17. The summed E-state index contributed by atoms with van der Waals surface area (Å²) in [5.74, 6) is -1.80. The molecule has 0 saturated carbocycles. The highest BCUT2D eigenvalue weighted by atomic mass is 16.5. The molecule has 8 heteroatoms. The van der Waals surface area contributed by atoms with Crippen LogP contribution in [0.15, 0.2) is 48.5 Å². The van der Waals surface area contributed by atoms with Crippen LogP contribution in [0.4, 0.5) is 4.79 Å². The van der Waals surface area contributed by atoms with Gasteiger partial charge in [-0.1, -0.05) is 61.9 Å². The molecule has 0 fully saturated rings. The van der Waals surface area contributed by atoms with Gasteiger partial charge in [0.2, 0.25) is 5.91 Å². The van der Waals surface area contributed by atoms with Crippen LogP contribution in [-0.2, 0) is 19.1 Å². The molecule has 2 aromatic rings. The van der Waals surface area contributed by atoms with Crippen molar-refractivity contribution in [2.24, 2.45) is 0 Å². The number of methoxy groups -OCH3 is 1. The van der Waals surface area contributed by atoms with E-state index in [0.29, 0.717) is 12.8 Å². The fourth-order valence-electron chi connectivity index (χ4n) is 4.11. The number of carbonyl (C=O) groups is 3. The van der Waals surface area contributed by atoms with Crippen LogP contribution in [0.1, 0.15) is 43.2 Å². The second kappa shape index (κ2) is 11.5. The van der Waals surface area contributed by atoms with Crippen molar-refractivity contribution >= 4 is 18.0 Å². The lowest BCUT2D eigenvalue weighted by Crippen LogP contribution is -2.52. The largest absolute Gasteiger partial charge is 0.480 e. The zero-order valence-corrected chi connectivity index (χ0v) is 18.9. The van der Waals surface area contributed by atoms with E-state index in [1.54, 1.807) is 0 Å². The SMILES string of the molecule is CCC[C@H](NC(=O)C(CCOC)NC(=O)OCC1c2ccccc2-c2ccccc21)C(=O)O. The van der Waals surface area contributed by atoms with Crippen molar-refractivity contribution in [3.63, 3.8) is 0 Å². The second-order valence-electron chi connectivity index (χ2n) is 7.99. The lowest BCUT2D eigenvalue weighted by Gasteiger charge is -2.21. The zero-order valence-electron chi connectivity index (χ0n) is 18.9. The Morgan fingerprint density at radius 2 is 1.55 bits per heavy atom. The molecule has 0 bridgehead atoms. The molecule has 0 aliphatic heterocycles. The normalized spacial score (nSPS) is 14.0. The van der Waals surface area contributed by atoms with E-state index in [1.807, 2.05) is 43.3 Å². The average Bonchev–Trinajstić information content (AvgIpc) is 3.13. The molecule has 1 unspecified atom stereocenters. The van der Waals surface area contributed by atoms with Crippen LogP contribution in [0.2, 0.25) is 0 Å². The predicted octanol–water partition coefficient (Wildman–Crippen LogP) is 3.30. The first-order valence-corrected chi connectivity index (χ1v) is 11.1. The summed E-state index contributed by atoms with van der Waals surface area (Å²) in [7, 11) is 1.49. The Morgan fingerprint density at radius 3 is 2.09 bits per heavy atom. The molecule has 3 N–H and O–H groups in total. The molecule has 2 aromatic carbocycles. The predicted molar refractivity (Wildman–Crippen MR) is 123 cm³/mol. The first-order valence-electron chi connectivity index (χ1n) is 11.1. The smallest absolute Gasteiger partial charge is 0.407 e. The Kier molecular flexibility index (Phi) is 8.43. The fourth-order valence-corrected chi connectivity index (χ4v) is 4.11. The number of aliphatic carboxylic acids is 1. The van der Waals surface area contributed by atoms with E-state index in [1.165, 1.54) is 7.11 Å². The molecule has 3 rings (SSSR count). The van der Waals surface area contributed by atoms with Crippen molar-refractivity contribution in [2.75, 3.05) is 20.3 Å². The number of hydrogen-bond acceptors (Lipinski definition) is 5. The maximum atomic E-state index is 12.7. The van der Waals surface area contributed by atoms with E-state index in [9.17, 15) is 19.5 Å². The topological polar surface area (TPSA) is 114 Å². The van der Waals surface area contributed by atoms with E-state index in [4.69, 9.17) is 9.47 Å². The number of carboxylic acids is 1. The Bertz CT molecular complexity index is 947. The molecular formula is C25H30N2O6. The van der Waals surface area contributed by atoms with Gasteiger partial charge >= 0.3 is 12.1 Å². The summed E-state index contributed by atoms with van der Waals surface area (Å²) in [5, 5.41) is 14.4. The molecule has 0 heterocycles. The quantitative estimate of drug-likeness (QED) is 0.480. The standard InChI is InChI=1S/C25H30N2O6/c1-3-8-22(24(29)30)26-23(28)21(13-14-32-2)27-25(31)33-15-20-18-11-6-4-9-16(18)17-10-5-7-12-19(17)20/h4-7,9-12,20-22H,3,8,13-15H2,1-2H3,(H,26,28)(H,27,31)(H,29,30)/t21?,22-/m0/s1. The molecule has 0 radical (unpaired) electrons. The third kappa shape index (κ3) is 5.90. The molecule has 1 aliphatic rings. The van der Waals surface area contributed by atoms with Crippen molar-refractivity contribution < 1.29 is 29.0 Å². The number of rotatable bonds is 11. The molecule has 0 spiro atoms. The minimum Gasteiger partial charge on any atom is -0.480 e. The maximum absolute atomic E-state index is 12.7. The number of ether oxygens (including phenoxy) is 2. The number of carboxylic acid groups (broad SMARTS) is 1. The van der Waals surface area contributed by atoms with Crippen molar-refractivity contribution in [2.45, 2.75) is 44.2 Å². The highest BCUT2D eigenvalue weighted by molar-refractivity contribution is 5.89. The van der Waals surface area contributed by atoms with Gasteiger partial charge in [-0.25, -0.2) is 9.59 Å². The molecule has 176 valence electrons. The van der Waals surface area contributed by atoms with Crippen LogP contribution in [0.5, 0.6) is 0 Å². The van der Waals surface area contributed by atoms with Gasteiger partial charge in [-0.3, -0.25) is 4.79 Å². The molecule has 33 heavy (non-hydrogen) atoms. The first kappa shape index (κ1) is 24.3. The van der Waals surface area contributed by atoms with Gasteiger partial charge in [-0.2, -0.15) is 0 Å². The number of amides is 2. The Balaban J connectivity index is 1.65. The van der Waals surface area contributed by atoms with Gasteiger partial charge in [0, 0.05) is 26.1 Å². The third-order valence-electron chi connectivity index (χ3n) is 5.75. The van der Waals surface area contributed by atoms with Crippen LogP contribution < -0.4 is 10.6 Å². The number of nitrogens with one attached hydrogen (secondary N) is 2. The van der Waals surface area contributed by atoms with Crippen LogP contribution in [0, 0.1) is 0 Å². The molecular weight excluding hydrogens is 424 g/mol. The van der Waals surface area contributed by atoms with Gasteiger partial charge < -0.3 is 25.2 Å². The maximum Gasteiger partial charge on any atom is 0.407 e. The summed E-state index contributed by atoms with van der Waals surface area (Å²) in [4.78, 5) is 36.6. The van der Waals surface area contributed by atoms with Gasteiger partial charge in [0.25, 0.3) is 0 Å². The van der Waals surface area contributed by atoms with Crippen molar-refractivity contribution in [3.05, 3.63) is 59.7 Å². The van der Waals surface area contributed by atoms with Crippen LogP contribution in [0.3, 0.4) is 0 Å². The highest BCUT2D eigenvalue weighted by Crippen LogP contribution is 2.44. The molecule has 0 aromatic heterocycles. The molecule has 2 amide bonds. The monoisotopic (exact) mass is 454 g/mol. The minimum atomic E-state index is -1.11. The van der Waals surface area contributed by atoms with Gasteiger partial charge in [0.15, 0.2) is 0 Å². The van der Waals surface area contributed by atoms with E-state index in [0.717, 1.165) is 22.3 Å². The number of carbonyl (C=O) groups excluding carboxylic acids is 2. The zero-order chi connectivity index (χ0) is 23.8. The lowest BCUT2D eigenvalue weighted by atomic mass is 9.98. The van der Waals surface area contributed by atoms with E-state index < -0.39 is 30.1 Å². The Hall–Kier alpha value is -3.39. The third-order valence-corrected chi connectivity index (χ3v) is 5.75.